The molecule has 1 aliphatic carbocycles. The van der Waals surface area contributed by atoms with Gasteiger partial charge in [-0.25, -0.2) is 0 Å². The maximum Gasteiger partial charge on any atom is 0.122 e. The number of benzene rings is 1. The van der Waals surface area contributed by atoms with Gasteiger partial charge in [-0.2, -0.15) is 0 Å². The van der Waals surface area contributed by atoms with Crippen molar-refractivity contribution in [3.8, 4) is 5.75 Å². The molecular formula is C15H23NO. The molecule has 0 radical (unpaired) electrons. The highest BCUT2D eigenvalue weighted by Gasteiger charge is 2.15. The van der Waals surface area contributed by atoms with Crippen molar-refractivity contribution in [2.75, 3.05) is 6.54 Å². The Morgan fingerprint density at radius 2 is 2.00 bits per heavy atom. The van der Waals surface area contributed by atoms with Gasteiger partial charge in [0, 0.05) is 12.6 Å². The lowest BCUT2D eigenvalue weighted by atomic mass is 10.2. The van der Waals surface area contributed by atoms with Gasteiger partial charge in [-0.3, -0.25) is 0 Å². The first-order valence-corrected chi connectivity index (χ1v) is 6.71. The molecule has 0 saturated heterocycles. The highest BCUT2D eigenvalue weighted by molar-refractivity contribution is 5.31. The molecule has 2 rings (SSSR count). The monoisotopic (exact) mass is 233 g/mol. The van der Waals surface area contributed by atoms with E-state index >= 15 is 0 Å². The second-order valence-electron chi connectivity index (χ2n) is 5.08. The molecule has 0 aliphatic heterocycles. The summed E-state index contributed by atoms with van der Waals surface area (Å²) in [6, 6.07) is 8.93. The quantitative estimate of drug-likeness (QED) is 0.842. The van der Waals surface area contributed by atoms with Gasteiger partial charge in [0.15, 0.2) is 0 Å². The molecule has 1 aromatic carbocycles. The van der Waals surface area contributed by atoms with Crippen molar-refractivity contribution in [2.45, 2.75) is 51.7 Å². The Kier molecular flexibility index (Phi) is 4.43. The Morgan fingerprint density at radius 1 is 1.29 bits per heavy atom. The molecule has 94 valence electrons. The van der Waals surface area contributed by atoms with Gasteiger partial charge in [0.1, 0.15) is 11.9 Å². The topological polar surface area (TPSA) is 21.3 Å². The van der Waals surface area contributed by atoms with Gasteiger partial charge in [0.25, 0.3) is 0 Å². The largest absolute Gasteiger partial charge is 0.489 e. The molecule has 2 nitrogen and oxygen atoms in total. The molecule has 1 N–H and O–H groups in total. The van der Waals surface area contributed by atoms with Crippen LogP contribution in [0.25, 0.3) is 0 Å². The minimum atomic E-state index is 0.233. The van der Waals surface area contributed by atoms with Crippen LogP contribution >= 0.6 is 0 Å². The van der Waals surface area contributed by atoms with Crippen LogP contribution in [0, 0.1) is 6.92 Å². The van der Waals surface area contributed by atoms with Crippen LogP contribution in [0.4, 0.5) is 0 Å². The summed E-state index contributed by atoms with van der Waals surface area (Å²) in [5, 5.41) is 3.60. The Morgan fingerprint density at radius 3 is 2.71 bits per heavy atom. The van der Waals surface area contributed by atoms with Crippen LogP contribution in [-0.4, -0.2) is 18.7 Å². The molecule has 1 unspecified atom stereocenters. The fourth-order valence-electron chi connectivity index (χ4n) is 2.41. The van der Waals surface area contributed by atoms with Crippen molar-refractivity contribution in [3.05, 3.63) is 29.8 Å². The molecule has 0 amide bonds. The maximum absolute atomic E-state index is 5.94. The maximum atomic E-state index is 5.94. The summed E-state index contributed by atoms with van der Waals surface area (Å²) in [5.41, 5.74) is 1.21. The molecule has 2 heteroatoms. The SMILES string of the molecule is Cc1ccccc1OC(C)CNC1CCCC1. The summed E-state index contributed by atoms with van der Waals surface area (Å²) in [5.74, 6) is 1.01. The van der Waals surface area contributed by atoms with Crippen LogP contribution in [0.2, 0.25) is 0 Å². The second-order valence-corrected chi connectivity index (χ2v) is 5.08. The number of nitrogens with one attached hydrogen (secondary N) is 1. The van der Waals surface area contributed by atoms with Crippen molar-refractivity contribution >= 4 is 0 Å². The van der Waals surface area contributed by atoms with Gasteiger partial charge in [0.05, 0.1) is 0 Å². The van der Waals surface area contributed by atoms with E-state index in [4.69, 9.17) is 4.74 Å². The van der Waals surface area contributed by atoms with Crippen LogP contribution in [0.3, 0.4) is 0 Å². The highest BCUT2D eigenvalue weighted by atomic mass is 16.5. The van der Waals surface area contributed by atoms with Crippen LogP contribution in [-0.2, 0) is 0 Å². The van der Waals surface area contributed by atoms with E-state index in [0.29, 0.717) is 0 Å². The Labute approximate surface area is 104 Å². The zero-order valence-electron chi connectivity index (χ0n) is 10.9. The lowest BCUT2D eigenvalue weighted by Crippen LogP contribution is -2.35. The number of hydrogen-bond acceptors (Lipinski definition) is 2. The van der Waals surface area contributed by atoms with Gasteiger partial charge in [-0.05, 0) is 38.3 Å². The summed E-state index contributed by atoms with van der Waals surface area (Å²) < 4.78 is 5.94. The summed E-state index contributed by atoms with van der Waals surface area (Å²) in [6.45, 7) is 5.17. The summed E-state index contributed by atoms with van der Waals surface area (Å²) in [7, 11) is 0. The molecule has 1 aliphatic rings. The Hall–Kier alpha value is -1.02. The van der Waals surface area contributed by atoms with Gasteiger partial charge in [-0.1, -0.05) is 31.0 Å². The average molecular weight is 233 g/mol. The van der Waals surface area contributed by atoms with E-state index in [1.165, 1.54) is 31.2 Å². The first-order chi connectivity index (χ1) is 8.25. The number of ether oxygens (including phenoxy) is 1. The van der Waals surface area contributed by atoms with E-state index in [9.17, 15) is 0 Å². The van der Waals surface area contributed by atoms with Gasteiger partial charge in [0.2, 0.25) is 0 Å². The van der Waals surface area contributed by atoms with E-state index in [1.807, 2.05) is 18.2 Å². The zero-order chi connectivity index (χ0) is 12.1. The summed E-state index contributed by atoms with van der Waals surface area (Å²) >= 11 is 0. The first-order valence-electron chi connectivity index (χ1n) is 6.71. The Bertz CT molecular complexity index is 345. The van der Waals surface area contributed by atoms with Crippen molar-refractivity contribution in [3.63, 3.8) is 0 Å². The molecular weight excluding hydrogens is 210 g/mol. The minimum Gasteiger partial charge on any atom is -0.489 e. The predicted molar refractivity (Wildman–Crippen MR) is 71.5 cm³/mol. The molecule has 0 spiro atoms. The van der Waals surface area contributed by atoms with Crippen molar-refractivity contribution in [1.82, 2.24) is 5.32 Å². The van der Waals surface area contributed by atoms with E-state index in [1.54, 1.807) is 0 Å². The van der Waals surface area contributed by atoms with Crippen molar-refractivity contribution < 1.29 is 4.74 Å². The van der Waals surface area contributed by atoms with E-state index in [2.05, 4.69) is 25.2 Å². The minimum absolute atomic E-state index is 0.233. The smallest absolute Gasteiger partial charge is 0.122 e. The van der Waals surface area contributed by atoms with Gasteiger partial charge in [-0.15, -0.1) is 0 Å². The number of rotatable bonds is 5. The number of hydrogen-bond donors (Lipinski definition) is 1. The van der Waals surface area contributed by atoms with E-state index < -0.39 is 0 Å². The van der Waals surface area contributed by atoms with E-state index in [0.717, 1.165) is 18.3 Å². The standard InChI is InChI=1S/C15H23NO/c1-12-7-3-6-10-15(12)17-13(2)11-16-14-8-4-5-9-14/h3,6-7,10,13-14,16H,4-5,8-9,11H2,1-2H3. The van der Waals surface area contributed by atoms with Gasteiger partial charge >= 0.3 is 0 Å². The van der Waals surface area contributed by atoms with Crippen LogP contribution in [0.1, 0.15) is 38.2 Å². The molecule has 1 fully saturated rings. The zero-order valence-corrected chi connectivity index (χ0v) is 10.9. The molecule has 1 aromatic rings. The average Bonchev–Trinajstić information content (AvgIpc) is 2.82. The molecule has 0 aromatic heterocycles. The van der Waals surface area contributed by atoms with Gasteiger partial charge < -0.3 is 10.1 Å². The van der Waals surface area contributed by atoms with Crippen LogP contribution in [0.15, 0.2) is 24.3 Å². The molecule has 1 atom stereocenters. The highest BCUT2D eigenvalue weighted by Crippen LogP contribution is 2.19. The fourth-order valence-corrected chi connectivity index (χ4v) is 2.41. The lowest BCUT2D eigenvalue weighted by Gasteiger charge is -2.19. The number of para-hydroxylation sites is 1. The van der Waals surface area contributed by atoms with Crippen LogP contribution < -0.4 is 10.1 Å². The second kappa shape index (κ2) is 6.06. The molecule has 0 heterocycles. The molecule has 1 saturated carbocycles. The third kappa shape index (κ3) is 3.74. The predicted octanol–water partition coefficient (Wildman–Crippen LogP) is 3.29. The van der Waals surface area contributed by atoms with E-state index in [-0.39, 0.29) is 6.10 Å². The Balaban J connectivity index is 1.76. The lowest BCUT2D eigenvalue weighted by molar-refractivity contribution is 0.210. The molecule has 0 bridgehead atoms. The third-order valence-corrected chi connectivity index (χ3v) is 3.47. The van der Waals surface area contributed by atoms with Crippen molar-refractivity contribution in [1.29, 1.82) is 0 Å². The third-order valence-electron chi connectivity index (χ3n) is 3.47. The normalized spacial score (nSPS) is 18.2. The summed E-state index contributed by atoms with van der Waals surface area (Å²) in [6.07, 6.45) is 5.65. The molecule has 17 heavy (non-hydrogen) atoms. The number of aryl methyl sites for hydroxylation is 1. The summed E-state index contributed by atoms with van der Waals surface area (Å²) in [4.78, 5) is 0. The van der Waals surface area contributed by atoms with Crippen molar-refractivity contribution in [2.24, 2.45) is 0 Å². The first kappa shape index (κ1) is 12.4. The van der Waals surface area contributed by atoms with Crippen LogP contribution in [0.5, 0.6) is 5.75 Å². The fraction of sp³-hybridized carbons (Fsp3) is 0.600.